The summed E-state index contributed by atoms with van der Waals surface area (Å²) in [5, 5.41) is 8.73. The van der Waals surface area contributed by atoms with Gasteiger partial charge in [-0.1, -0.05) is 37.3 Å². The molecule has 0 aliphatic rings. The quantitative estimate of drug-likeness (QED) is 0.231. The molecule has 3 N–H and O–H groups in total. The Morgan fingerprint density at radius 1 is 1.07 bits per heavy atom. The van der Waals surface area contributed by atoms with Gasteiger partial charge in [-0.25, -0.2) is 18.1 Å². The zero-order valence-electron chi connectivity index (χ0n) is 18.0. The summed E-state index contributed by atoms with van der Waals surface area (Å²) in [6.45, 7) is 9.80. The smallest absolute Gasteiger partial charge is 0.216 e. The van der Waals surface area contributed by atoms with Crippen LogP contribution in [-0.4, -0.2) is 33.5 Å². The maximum atomic E-state index is 12.3. The highest BCUT2D eigenvalue weighted by molar-refractivity contribution is 14.0. The summed E-state index contributed by atoms with van der Waals surface area (Å²) in [4.78, 5) is 6.01. The molecule has 1 atom stereocenters. The largest absolute Gasteiger partial charge is 0.357 e. The van der Waals surface area contributed by atoms with Crippen LogP contribution in [0.15, 0.2) is 46.8 Å². The van der Waals surface area contributed by atoms with Crippen molar-refractivity contribution in [2.24, 2.45) is 4.99 Å². The molecule has 0 spiro atoms. The molecule has 168 valence electrons. The fraction of sp³-hybridized carbons (Fsp3) is 0.476. The summed E-state index contributed by atoms with van der Waals surface area (Å²) < 4.78 is 27.3. The van der Waals surface area contributed by atoms with Crippen molar-refractivity contribution < 1.29 is 8.42 Å². The summed E-state index contributed by atoms with van der Waals surface area (Å²) in [5.74, 6) is 1.07. The normalized spacial score (nSPS) is 13.0. The van der Waals surface area contributed by atoms with E-state index in [1.54, 1.807) is 11.3 Å². The molecule has 1 heterocycles. The molecule has 0 amide bonds. The monoisotopic (exact) mass is 564 g/mol. The predicted octanol–water partition coefficient (Wildman–Crippen LogP) is 4.05. The third kappa shape index (κ3) is 9.32. The van der Waals surface area contributed by atoms with Crippen LogP contribution in [0.25, 0.3) is 0 Å². The molecule has 0 aliphatic heterocycles. The van der Waals surface area contributed by atoms with Crippen LogP contribution in [0.1, 0.15) is 49.6 Å². The molecule has 30 heavy (non-hydrogen) atoms. The van der Waals surface area contributed by atoms with E-state index in [0.29, 0.717) is 12.5 Å². The third-order valence-corrected chi connectivity index (χ3v) is 6.86. The zero-order valence-corrected chi connectivity index (χ0v) is 22.0. The van der Waals surface area contributed by atoms with Crippen LogP contribution in [0, 0.1) is 0 Å². The second-order valence-electron chi connectivity index (χ2n) is 7.29. The van der Waals surface area contributed by atoms with Crippen LogP contribution >= 0.6 is 35.3 Å². The molecule has 9 heteroatoms. The average molecular weight is 565 g/mol. The number of halogens is 1. The van der Waals surface area contributed by atoms with Crippen molar-refractivity contribution in [2.75, 3.05) is 13.1 Å². The second kappa shape index (κ2) is 13.3. The Hall–Kier alpha value is -1.17. The van der Waals surface area contributed by atoms with Crippen molar-refractivity contribution in [1.29, 1.82) is 0 Å². The van der Waals surface area contributed by atoms with Gasteiger partial charge in [0.2, 0.25) is 10.0 Å². The first-order chi connectivity index (χ1) is 13.8. The Bertz CT molecular complexity index is 884. The van der Waals surface area contributed by atoms with Crippen molar-refractivity contribution in [1.82, 2.24) is 15.4 Å². The Morgan fingerprint density at radius 3 is 2.37 bits per heavy atom. The van der Waals surface area contributed by atoms with Crippen LogP contribution in [0.5, 0.6) is 0 Å². The minimum absolute atomic E-state index is 0. The summed E-state index contributed by atoms with van der Waals surface area (Å²) in [7, 11) is -3.38. The van der Waals surface area contributed by atoms with Crippen LogP contribution in [0.2, 0.25) is 0 Å². The maximum Gasteiger partial charge on any atom is 0.216 e. The molecule has 1 unspecified atom stereocenters. The van der Waals surface area contributed by atoms with E-state index in [1.165, 1.54) is 4.88 Å². The summed E-state index contributed by atoms with van der Waals surface area (Å²) in [6, 6.07) is 11.6. The fourth-order valence-electron chi connectivity index (χ4n) is 2.89. The van der Waals surface area contributed by atoms with E-state index >= 15 is 0 Å². The lowest BCUT2D eigenvalue weighted by molar-refractivity contribution is 0.569. The van der Waals surface area contributed by atoms with Gasteiger partial charge in [0.1, 0.15) is 0 Å². The number of thiophene rings is 1. The number of sulfonamides is 1. The van der Waals surface area contributed by atoms with E-state index in [9.17, 15) is 8.42 Å². The molecule has 0 radical (unpaired) electrons. The van der Waals surface area contributed by atoms with Crippen molar-refractivity contribution in [3.8, 4) is 0 Å². The standard InChI is InChI=1S/C21H32N4O2S2.HI/c1-5-22-21(23-13-17(4)20-11-8-12-28-20)24-14-18-9-6-7-10-19(18)15-29(26,27)25-16(2)3;/h6-12,16-17,25H,5,13-15H2,1-4H3,(H2,22,23,24);1H. The summed E-state index contributed by atoms with van der Waals surface area (Å²) in [5.41, 5.74) is 1.68. The molecule has 0 saturated heterocycles. The van der Waals surface area contributed by atoms with E-state index < -0.39 is 10.0 Å². The highest BCUT2D eigenvalue weighted by Crippen LogP contribution is 2.19. The van der Waals surface area contributed by atoms with Gasteiger partial charge >= 0.3 is 0 Å². The van der Waals surface area contributed by atoms with Gasteiger partial charge in [0.05, 0.1) is 12.3 Å². The highest BCUT2D eigenvalue weighted by atomic mass is 127. The van der Waals surface area contributed by atoms with Gasteiger partial charge in [-0.05, 0) is 43.3 Å². The molecule has 0 fully saturated rings. The average Bonchev–Trinajstić information content (AvgIpc) is 3.18. The van der Waals surface area contributed by atoms with Crippen LogP contribution in [0.3, 0.4) is 0 Å². The second-order valence-corrected chi connectivity index (χ2v) is 10.0. The van der Waals surface area contributed by atoms with E-state index in [4.69, 9.17) is 0 Å². The lowest BCUT2D eigenvalue weighted by atomic mass is 10.1. The number of nitrogens with one attached hydrogen (secondary N) is 3. The minimum Gasteiger partial charge on any atom is -0.357 e. The fourth-order valence-corrected chi connectivity index (χ4v) is 5.17. The van der Waals surface area contributed by atoms with Gasteiger partial charge < -0.3 is 10.6 Å². The molecule has 1 aromatic heterocycles. The first kappa shape index (κ1) is 26.9. The molecular weight excluding hydrogens is 531 g/mol. The lowest BCUT2D eigenvalue weighted by Gasteiger charge is -2.16. The van der Waals surface area contributed by atoms with Crippen LogP contribution < -0.4 is 15.4 Å². The zero-order chi connectivity index (χ0) is 21.3. The molecule has 6 nitrogen and oxygen atoms in total. The maximum absolute atomic E-state index is 12.3. The lowest BCUT2D eigenvalue weighted by Crippen LogP contribution is -2.39. The molecule has 0 saturated carbocycles. The number of rotatable bonds is 10. The number of hydrogen-bond donors (Lipinski definition) is 3. The molecule has 0 bridgehead atoms. The number of hydrogen-bond acceptors (Lipinski definition) is 4. The van der Waals surface area contributed by atoms with Crippen molar-refractivity contribution >= 4 is 51.3 Å². The van der Waals surface area contributed by atoms with Gasteiger partial charge in [0.15, 0.2) is 5.96 Å². The van der Waals surface area contributed by atoms with E-state index in [2.05, 4.69) is 44.8 Å². The first-order valence-corrected chi connectivity index (χ1v) is 12.5. The molecular formula is C21H33IN4O2S2. The van der Waals surface area contributed by atoms with Crippen molar-refractivity contribution in [2.45, 2.75) is 52.0 Å². The summed E-state index contributed by atoms with van der Waals surface area (Å²) in [6.07, 6.45) is 0. The number of guanidine groups is 1. The predicted molar refractivity (Wildman–Crippen MR) is 138 cm³/mol. The number of nitrogens with zero attached hydrogens (tertiary/aromatic N) is 1. The van der Waals surface area contributed by atoms with Gasteiger partial charge in [0.25, 0.3) is 0 Å². The Kier molecular flexibility index (Phi) is 11.9. The van der Waals surface area contributed by atoms with Gasteiger partial charge in [-0.15, -0.1) is 35.3 Å². The SMILES string of the molecule is CCNC(=NCc1ccccc1CS(=O)(=O)NC(C)C)NCC(C)c1cccs1.I. The highest BCUT2D eigenvalue weighted by Gasteiger charge is 2.15. The van der Waals surface area contributed by atoms with Gasteiger partial charge in [-0.2, -0.15) is 0 Å². The molecule has 1 aromatic carbocycles. The Labute approximate surface area is 202 Å². The Balaban J connectivity index is 0.00000450. The van der Waals surface area contributed by atoms with E-state index in [-0.39, 0.29) is 35.8 Å². The summed E-state index contributed by atoms with van der Waals surface area (Å²) >= 11 is 1.75. The molecule has 0 aliphatic carbocycles. The first-order valence-electron chi connectivity index (χ1n) is 9.93. The third-order valence-electron chi connectivity index (χ3n) is 4.24. The van der Waals surface area contributed by atoms with E-state index in [0.717, 1.165) is 30.2 Å². The minimum atomic E-state index is -3.38. The number of aliphatic imine (C=N–C) groups is 1. The van der Waals surface area contributed by atoms with E-state index in [1.807, 2.05) is 45.0 Å². The van der Waals surface area contributed by atoms with Crippen molar-refractivity contribution in [3.05, 3.63) is 57.8 Å². The van der Waals surface area contributed by atoms with Gasteiger partial charge in [0, 0.05) is 29.9 Å². The number of benzene rings is 1. The van der Waals surface area contributed by atoms with Crippen molar-refractivity contribution in [3.63, 3.8) is 0 Å². The molecule has 2 rings (SSSR count). The Morgan fingerprint density at radius 2 is 1.77 bits per heavy atom. The van der Waals surface area contributed by atoms with Crippen LogP contribution in [-0.2, 0) is 22.3 Å². The molecule has 2 aromatic rings. The van der Waals surface area contributed by atoms with Gasteiger partial charge in [-0.3, -0.25) is 0 Å². The topological polar surface area (TPSA) is 82.6 Å². The van der Waals surface area contributed by atoms with Crippen LogP contribution in [0.4, 0.5) is 0 Å².